The second-order valence-electron chi connectivity index (χ2n) is 10.5. The van der Waals surface area contributed by atoms with E-state index in [0.29, 0.717) is 0 Å². The monoisotopic (exact) mass is 654 g/mol. The number of hydrogen-bond donors (Lipinski definition) is 10. The fourth-order valence-corrected chi connectivity index (χ4v) is 5.01. The average molecular weight is 655 g/mol. The summed E-state index contributed by atoms with van der Waals surface area (Å²) in [4.78, 5) is 25.1. The van der Waals surface area contributed by atoms with Crippen molar-refractivity contribution >= 4 is 16.9 Å². The molecule has 46 heavy (non-hydrogen) atoms. The van der Waals surface area contributed by atoms with E-state index < -0.39 is 108 Å². The number of aromatic hydroxyl groups is 2. The van der Waals surface area contributed by atoms with E-state index in [-0.39, 0.29) is 22.8 Å². The van der Waals surface area contributed by atoms with Gasteiger partial charge in [0.2, 0.25) is 23.8 Å². The van der Waals surface area contributed by atoms with Gasteiger partial charge in [0, 0.05) is 17.7 Å². The SMILES string of the molecule is COc1ccc(-c2oc3cc(O[C@@H]4OC(C(=O)O)[C@@H](O)[C@H](O)C4O)cc(O[C@@H]4OC(CO)[C@@H](O)[C@H](O)C4O)c3c(=O)c2O)cc1O. The predicted octanol–water partition coefficient (Wildman–Crippen LogP) is -2.67. The van der Waals surface area contributed by atoms with Gasteiger partial charge in [-0.25, -0.2) is 4.79 Å². The van der Waals surface area contributed by atoms with Crippen molar-refractivity contribution in [3.63, 3.8) is 0 Å². The molecular weight excluding hydrogens is 624 g/mol. The number of aliphatic hydroxyl groups is 7. The number of rotatable bonds is 8. The topological polar surface area (TPSA) is 296 Å². The summed E-state index contributed by atoms with van der Waals surface area (Å²) >= 11 is 0. The van der Waals surface area contributed by atoms with E-state index in [1.54, 1.807) is 0 Å². The van der Waals surface area contributed by atoms with E-state index in [1.807, 2.05) is 0 Å². The Hall–Kier alpha value is -4.24. The molecule has 2 aliphatic rings. The highest BCUT2D eigenvalue weighted by Crippen LogP contribution is 2.40. The second kappa shape index (κ2) is 12.9. The van der Waals surface area contributed by atoms with Crippen LogP contribution >= 0.6 is 0 Å². The molecule has 0 bridgehead atoms. The van der Waals surface area contributed by atoms with Crippen molar-refractivity contribution in [2.75, 3.05) is 13.7 Å². The first-order valence-corrected chi connectivity index (χ1v) is 13.5. The molecule has 0 saturated carbocycles. The number of aliphatic carboxylic acids is 1. The van der Waals surface area contributed by atoms with Gasteiger partial charge >= 0.3 is 5.97 Å². The number of hydrogen-bond acceptors (Lipinski definition) is 17. The molecule has 0 amide bonds. The van der Waals surface area contributed by atoms with Crippen LogP contribution in [0.5, 0.6) is 28.7 Å². The molecule has 0 radical (unpaired) electrons. The quantitative estimate of drug-likeness (QED) is 0.118. The zero-order valence-corrected chi connectivity index (χ0v) is 23.6. The molecule has 18 nitrogen and oxygen atoms in total. The van der Waals surface area contributed by atoms with Crippen LogP contribution in [0.4, 0.5) is 0 Å². The number of benzene rings is 2. The second-order valence-corrected chi connectivity index (χ2v) is 10.5. The summed E-state index contributed by atoms with van der Waals surface area (Å²) in [7, 11) is 1.30. The Kier molecular flexibility index (Phi) is 9.27. The lowest BCUT2D eigenvalue weighted by Crippen LogP contribution is -2.61. The van der Waals surface area contributed by atoms with Crippen LogP contribution in [-0.2, 0) is 14.3 Å². The molecule has 2 aliphatic heterocycles. The first kappa shape index (κ1) is 33.1. The Morgan fingerprint density at radius 2 is 1.48 bits per heavy atom. The lowest BCUT2D eigenvalue weighted by Gasteiger charge is -2.39. The summed E-state index contributed by atoms with van der Waals surface area (Å²) in [6.07, 6.45) is -18.9. The lowest BCUT2D eigenvalue weighted by molar-refractivity contribution is -0.277. The Bertz CT molecular complexity index is 1650. The summed E-state index contributed by atoms with van der Waals surface area (Å²) in [6, 6.07) is 5.77. The molecule has 1 aromatic heterocycles. The van der Waals surface area contributed by atoms with Gasteiger partial charge in [0.05, 0.1) is 13.7 Å². The minimum atomic E-state index is -2.03. The maximum Gasteiger partial charge on any atom is 0.335 e. The van der Waals surface area contributed by atoms with Crippen molar-refractivity contribution in [2.24, 2.45) is 0 Å². The molecule has 5 rings (SSSR count). The molecule has 2 aromatic carbocycles. The number of phenols is 1. The highest BCUT2D eigenvalue weighted by atomic mass is 16.7. The van der Waals surface area contributed by atoms with E-state index in [4.69, 9.17) is 28.1 Å². The smallest absolute Gasteiger partial charge is 0.335 e. The van der Waals surface area contributed by atoms with Crippen LogP contribution in [0.1, 0.15) is 0 Å². The maximum atomic E-state index is 13.5. The van der Waals surface area contributed by atoms with E-state index in [0.717, 1.165) is 18.2 Å². The van der Waals surface area contributed by atoms with Crippen molar-refractivity contribution in [3.8, 4) is 40.1 Å². The number of carboxylic acids is 1. The normalized spacial score (nSPS) is 31.4. The minimum Gasteiger partial charge on any atom is -0.504 e. The van der Waals surface area contributed by atoms with Gasteiger partial charge in [-0.15, -0.1) is 0 Å². The number of carboxylic acid groups (broad SMARTS) is 1. The zero-order chi connectivity index (χ0) is 33.6. The molecule has 10 atom stereocenters. The molecule has 2 saturated heterocycles. The summed E-state index contributed by atoms with van der Waals surface area (Å²) in [5.74, 6) is -4.35. The predicted molar refractivity (Wildman–Crippen MR) is 147 cm³/mol. The van der Waals surface area contributed by atoms with Gasteiger partial charge in [-0.1, -0.05) is 0 Å². The van der Waals surface area contributed by atoms with Crippen LogP contribution < -0.4 is 19.6 Å². The van der Waals surface area contributed by atoms with E-state index in [2.05, 4.69) is 0 Å². The first-order valence-electron chi connectivity index (χ1n) is 13.5. The van der Waals surface area contributed by atoms with Crippen LogP contribution in [0.25, 0.3) is 22.3 Å². The third kappa shape index (κ3) is 5.88. The fourth-order valence-electron chi connectivity index (χ4n) is 5.01. The van der Waals surface area contributed by atoms with Crippen molar-refractivity contribution in [3.05, 3.63) is 40.6 Å². The Labute approximate surface area is 257 Å². The number of carbonyl (C=O) groups is 1. The van der Waals surface area contributed by atoms with Gasteiger partial charge in [-0.2, -0.15) is 0 Å². The van der Waals surface area contributed by atoms with Gasteiger partial charge in [-0.3, -0.25) is 4.79 Å². The molecule has 2 fully saturated rings. The summed E-state index contributed by atoms with van der Waals surface area (Å²) in [5.41, 5.74) is -1.51. The molecule has 250 valence electrons. The zero-order valence-electron chi connectivity index (χ0n) is 23.6. The van der Waals surface area contributed by atoms with Gasteiger partial charge in [0.25, 0.3) is 0 Å². The van der Waals surface area contributed by atoms with Gasteiger partial charge in [0.1, 0.15) is 65.2 Å². The van der Waals surface area contributed by atoms with E-state index >= 15 is 0 Å². The highest BCUT2D eigenvalue weighted by molar-refractivity contribution is 5.88. The van der Waals surface area contributed by atoms with Gasteiger partial charge in [0.15, 0.2) is 23.4 Å². The van der Waals surface area contributed by atoms with Crippen LogP contribution in [-0.4, -0.2) is 132 Å². The van der Waals surface area contributed by atoms with Crippen molar-refractivity contribution < 1.29 is 84.0 Å². The van der Waals surface area contributed by atoms with Crippen LogP contribution in [0.3, 0.4) is 0 Å². The number of phenolic OH excluding ortho intramolecular Hbond substituents is 1. The van der Waals surface area contributed by atoms with Crippen molar-refractivity contribution in [1.82, 2.24) is 0 Å². The molecular formula is C28H30O18. The summed E-state index contributed by atoms with van der Waals surface area (Å²) in [6.45, 7) is -0.814. The third-order valence-corrected chi connectivity index (χ3v) is 7.51. The number of aliphatic hydroxyl groups excluding tert-OH is 7. The van der Waals surface area contributed by atoms with Crippen LogP contribution in [0.2, 0.25) is 0 Å². The number of fused-ring (bicyclic) bond motifs is 1. The molecule has 0 aliphatic carbocycles. The molecule has 10 N–H and O–H groups in total. The van der Waals surface area contributed by atoms with Gasteiger partial charge < -0.3 is 79.2 Å². The Morgan fingerprint density at radius 1 is 0.826 bits per heavy atom. The standard InChI is InChI=1S/C28H30O18/c1-41-11-3-2-8(4-10(11)30)24-20(35)17(32)15-12(43-24)5-9(42-27-23(38)19(34)21(36)25(46-27)26(39)40)6-13(15)44-28-22(37)18(33)16(31)14(7-29)45-28/h2-6,14,16,18-19,21-23,25,27-31,33-38H,7H2,1H3,(H,39,40)/t14?,16-,18+,19+,21+,22?,23?,25?,27-,28-/m1/s1. The molecule has 0 spiro atoms. The maximum absolute atomic E-state index is 13.5. The Morgan fingerprint density at radius 3 is 2.09 bits per heavy atom. The van der Waals surface area contributed by atoms with Crippen molar-refractivity contribution in [1.29, 1.82) is 0 Å². The largest absolute Gasteiger partial charge is 0.504 e. The molecule has 4 unspecified atom stereocenters. The third-order valence-electron chi connectivity index (χ3n) is 7.51. The molecule has 18 heteroatoms. The minimum absolute atomic E-state index is 0.00460. The van der Waals surface area contributed by atoms with Crippen LogP contribution in [0, 0.1) is 0 Å². The molecule has 3 aromatic rings. The fraction of sp³-hybridized carbons (Fsp3) is 0.429. The summed E-state index contributed by atoms with van der Waals surface area (Å²) in [5, 5.41) is 101. The number of methoxy groups -OCH3 is 1. The van der Waals surface area contributed by atoms with Crippen LogP contribution in [0.15, 0.2) is 39.5 Å². The summed E-state index contributed by atoms with van der Waals surface area (Å²) < 4.78 is 32.5. The first-order chi connectivity index (χ1) is 21.8. The van der Waals surface area contributed by atoms with E-state index in [9.17, 15) is 60.7 Å². The lowest BCUT2D eigenvalue weighted by atomic mass is 9.99. The van der Waals surface area contributed by atoms with Crippen molar-refractivity contribution in [2.45, 2.75) is 61.4 Å². The highest BCUT2D eigenvalue weighted by Gasteiger charge is 2.48. The van der Waals surface area contributed by atoms with Gasteiger partial charge in [-0.05, 0) is 18.2 Å². The van der Waals surface area contributed by atoms with E-state index in [1.165, 1.54) is 19.2 Å². The number of ether oxygens (including phenoxy) is 5. The Balaban J connectivity index is 1.63. The average Bonchev–Trinajstić information content (AvgIpc) is 3.02. The molecule has 3 heterocycles.